The van der Waals surface area contributed by atoms with Gasteiger partial charge >= 0.3 is 0 Å². The van der Waals surface area contributed by atoms with Gasteiger partial charge in [0.2, 0.25) is 5.95 Å². The van der Waals surface area contributed by atoms with E-state index in [1.165, 1.54) is 0 Å². The van der Waals surface area contributed by atoms with Gasteiger partial charge in [-0.25, -0.2) is 0 Å². The molecule has 2 N–H and O–H groups in total. The summed E-state index contributed by atoms with van der Waals surface area (Å²) in [4.78, 5) is 18.8. The lowest BCUT2D eigenvalue weighted by molar-refractivity contribution is 0.414. The zero-order chi connectivity index (χ0) is 16.8. The fourth-order valence-corrected chi connectivity index (χ4v) is 2.18. The van der Waals surface area contributed by atoms with Crippen molar-refractivity contribution in [2.75, 3.05) is 12.4 Å². The first-order valence-electron chi connectivity index (χ1n) is 7.46. The molecule has 0 spiro atoms. The molecule has 24 heavy (non-hydrogen) atoms. The van der Waals surface area contributed by atoms with Crippen molar-refractivity contribution in [3.8, 4) is 5.75 Å². The second-order valence-corrected chi connectivity index (χ2v) is 5.18. The summed E-state index contributed by atoms with van der Waals surface area (Å²) in [5.41, 5.74) is 2.12. The van der Waals surface area contributed by atoms with Crippen LogP contribution in [-0.2, 0) is 13.0 Å². The molecule has 0 fully saturated rings. The molecule has 2 heterocycles. The summed E-state index contributed by atoms with van der Waals surface area (Å²) in [6, 6.07) is 11.3. The number of pyridine rings is 1. The van der Waals surface area contributed by atoms with Gasteiger partial charge in [-0.15, -0.1) is 10.2 Å². The Morgan fingerprint density at radius 3 is 2.46 bits per heavy atom. The Morgan fingerprint density at radius 2 is 1.79 bits per heavy atom. The van der Waals surface area contributed by atoms with E-state index in [0.29, 0.717) is 24.6 Å². The van der Waals surface area contributed by atoms with Crippen LogP contribution in [0.3, 0.4) is 0 Å². The molecular formula is C17H17N5O2. The molecule has 0 atom stereocenters. The maximum absolute atomic E-state index is 12.1. The number of hydrogen-bond acceptors (Lipinski definition) is 6. The minimum atomic E-state index is -0.252. The van der Waals surface area contributed by atoms with Crippen LogP contribution in [0.1, 0.15) is 16.8 Å². The Kier molecular flexibility index (Phi) is 4.81. The monoisotopic (exact) mass is 323 g/mol. The molecular weight excluding hydrogens is 306 g/mol. The third-order valence-corrected chi connectivity index (χ3v) is 3.50. The zero-order valence-corrected chi connectivity index (χ0v) is 13.2. The van der Waals surface area contributed by atoms with Gasteiger partial charge in [0, 0.05) is 25.4 Å². The summed E-state index contributed by atoms with van der Waals surface area (Å²) in [5, 5.41) is 11.1. The van der Waals surface area contributed by atoms with Crippen molar-refractivity contribution in [2.45, 2.75) is 13.0 Å². The van der Waals surface area contributed by atoms with Gasteiger partial charge in [0.25, 0.3) is 5.56 Å². The van der Waals surface area contributed by atoms with Crippen molar-refractivity contribution in [1.29, 1.82) is 0 Å². The highest BCUT2D eigenvalue weighted by atomic mass is 16.5. The molecule has 2 aromatic heterocycles. The van der Waals surface area contributed by atoms with Gasteiger partial charge in [0.1, 0.15) is 11.4 Å². The standard InChI is InChI=1S/C17H17N5O2/c1-24-14-4-2-12(3-5-14)10-15-16(23)20-17(22-21-15)19-11-13-6-8-18-9-7-13/h2-9H,10-11H2,1H3,(H2,19,20,22,23). The van der Waals surface area contributed by atoms with E-state index in [1.807, 2.05) is 36.4 Å². The molecule has 0 amide bonds. The number of nitrogens with zero attached hydrogens (tertiary/aromatic N) is 3. The molecule has 3 rings (SSSR count). The summed E-state index contributed by atoms with van der Waals surface area (Å²) in [6.45, 7) is 0.533. The maximum Gasteiger partial charge on any atom is 0.274 e. The van der Waals surface area contributed by atoms with Crippen molar-refractivity contribution in [1.82, 2.24) is 20.2 Å². The van der Waals surface area contributed by atoms with Gasteiger partial charge in [-0.2, -0.15) is 0 Å². The van der Waals surface area contributed by atoms with E-state index >= 15 is 0 Å². The fourth-order valence-electron chi connectivity index (χ4n) is 2.18. The topological polar surface area (TPSA) is 92.8 Å². The summed E-state index contributed by atoms with van der Waals surface area (Å²) >= 11 is 0. The Hall–Kier alpha value is -3.22. The number of aromatic nitrogens is 4. The molecule has 0 radical (unpaired) electrons. The van der Waals surface area contributed by atoms with Gasteiger partial charge < -0.3 is 10.1 Å². The zero-order valence-electron chi connectivity index (χ0n) is 13.2. The highest BCUT2D eigenvalue weighted by Crippen LogP contribution is 2.12. The predicted octanol–water partition coefficient (Wildman–Crippen LogP) is 1.77. The normalized spacial score (nSPS) is 10.4. The van der Waals surface area contributed by atoms with E-state index in [0.717, 1.165) is 16.9 Å². The number of benzene rings is 1. The number of methoxy groups -OCH3 is 1. The van der Waals surface area contributed by atoms with Crippen LogP contribution in [-0.4, -0.2) is 27.3 Å². The van der Waals surface area contributed by atoms with E-state index in [9.17, 15) is 4.79 Å². The third kappa shape index (κ3) is 3.95. The van der Waals surface area contributed by atoms with Crippen LogP contribution in [0.5, 0.6) is 5.75 Å². The molecule has 0 aliphatic rings. The molecule has 1 aromatic carbocycles. The molecule has 0 aliphatic carbocycles. The lowest BCUT2D eigenvalue weighted by Gasteiger charge is -2.06. The first-order valence-corrected chi connectivity index (χ1v) is 7.46. The van der Waals surface area contributed by atoms with Crippen LogP contribution in [0.15, 0.2) is 53.6 Å². The van der Waals surface area contributed by atoms with E-state index in [2.05, 4.69) is 25.5 Å². The van der Waals surface area contributed by atoms with Crippen LogP contribution in [0.25, 0.3) is 0 Å². The quantitative estimate of drug-likeness (QED) is 0.718. The Labute approximate surface area is 138 Å². The van der Waals surface area contributed by atoms with Gasteiger partial charge in [-0.1, -0.05) is 12.1 Å². The SMILES string of the molecule is COc1ccc(Cc2nnc(NCc3ccncc3)[nH]c2=O)cc1. The van der Waals surface area contributed by atoms with Crippen LogP contribution in [0, 0.1) is 0 Å². The summed E-state index contributed by atoms with van der Waals surface area (Å²) in [7, 11) is 1.61. The third-order valence-electron chi connectivity index (χ3n) is 3.50. The van der Waals surface area contributed by atoms with Crippen molar-refractivity contribution in [2.24, 2.45) is 0 Å². The minimum Gasteiger partial charge on any atom is -0.497 e. The van der Waals surface area contributed by atoms with Gasteiger partial charge in [0.15, 0.2) is 0 Å². The average Bonchev–Trinajstić information content (AvgIpc) is 2.63. The first kappa shape index (κ1) is 15.7. The minimum absolute atomic E-state index is 0.252. The summed E-state index contributed by atoms with van der Waals surface area (Å²) < 4.78 is 5.11. The predicted molar refractivity (Wildman–Crippen MR) is 90.0 cm³/mol. The molecule has 0 saturated carbocycles. The number of nitrogens with one attached hydrogen (secondary N) is 2. The van der Waals surface area contributed by atoms with Crippen LogP contribution in [0.4, 0.5) is 5.95 Å². The molecule has 7 heteroatoms. The number of anilines is 1. The fraction of sp³-hybridized carbons (Fsp3) is 0.176. The van der Waals surface area contributed by atoms with E-state index < -0.39 is 0 Å². The first-order chi connectivity index (χ1) is 11.7. The molecule has 0 bridgehead atoms. The van der Waals surface area contributed by atoms with Crippen molar-refractivity contribution in [3.05, 3.63) is 76.0 Å². The van der Waals surface area contributed by atoms with Crippen LogP contribution < -0.4 is 15.6 Å². The highest BCUT2D eigenvalue weighted by Gasteiger charge is 2.06. The number of rotatable bonds is 6. The molecule has 0 unspecified atom stereocenters. The molecule has 0 aliphatic heterocycles. The van der Waals surface area contributed by atoms with E-state index in [4.69, 9.17) is 4.74 Å². The average molecular weight is 323 g/mol. The van der Waals surface area contributed by atoms with Crippen LogP contribution in [0.2, 0.25) is 0 Å². The number of ether oxygens (including phenoxy) is 1. The smallest absolute Gasteiger partial charge is 0.274 e. The van der Waals surface area contributed by atoms with Crippen molar-refractivity contribution < 1.29 is 4.74 Å². The summed E-state index contributed by atoms with van der Waals surface area (Å²) in [5.74, 6) is 1.12. The second kappa shape index (κ2) is 7.36. The largest absolute Gasteiger partial charge is 0.497 e. The van der Waals surface area contributed by atoms with Crippen LogP contribution >= 0.6 is 0 Å². The Balaban J connectivity index is 1.66. The van der Waals surface area contributed by atoms with Gasteiger partial charge in [-0.05, 0) is 35.4 Å². The number of hydrogen-bond donors (Lipinski definition) is 2. The number of aromatic amines is 1. The Bertz CT molecular complexity index is 847. The number of H-pyrrole nitrogens is 1. The lowest BCUT2D eigenvalue weighted by Crippen LogP contribution is -2.19. The van der Waals surface area contributed by atoms with Crippen molar-refractivity contribution >= 4 is 5.95 Å². The molecule has 7 nitrogen and oxygen atoms in total. The lowest BCUT2D eigenvalue weighted by atomic mass is 10.1. The summed E-state index contributed by atoms with van der Waals surface area (Å²) in [6.07, 6.45) is 3.84. The van der Waals surface area contributed by atoms with Crippen molar-refractivity contribution in [3.63, 3.8) is 0 Å². The van der Waals surface area contributed by atoms with E-state index in [-0.39, 0.29) is 5.56 Å². The molecule has 3 aromatic rings. The molecule has 122 valence electrons. The highest BCUT2D eigenvalue weighted by molar-refractivity contribution is 5.30. The Morgan fingerprint density at radius 1 is 1.04 bits per heavy atom. The maximum atomic E-state index is 12.1. The molecule has 0 saturated heterocycles. The van der Waals surface area contributed by atoms with E-state index in [1.54, 1.807) is 19.5 Å². The van der Waals surface area contributed by atoms with Gasteiger partial charge in [0.05, 0.1) is 7.11 Å². The second-order valence-electron chi connectivity index (χ2n) is 5.18. The van der Waals surface area contributed by atoms with Gasteiger partial charge in [-0.3, -0.25) is 14.8 Å².